The summed E-state index contributed by atoms with van der Waals surface area (Å²) in [6, 6.07) is 27.2. The van der Waals surface area contributed by atoms with Crippen LogP contribution in [0.15, 0.2) is 78.9 Å². The van der Waals surface area contributed by atoms with Crippen molar-refractivity contribution in [3.05, 3.63) is 95.6 Å². The van der Waals surface area contributed by atoms with E-state index in [2.05, 4.69) is 54.6 Å². The minimum Gasteiger partial charge on any atom is -0.481 e. The van der Waals surface area contributed by atoms with Crippen LogP contribution >= 0.6 is 0 Å². The van der Waals surface area contributed by atoms with Gasteiger partial charge in [-0.3, -0.25) is 4.79 Å². The lowest BCUT2D eigenvalue weighted by atomic mass is 9.69. The quantitative estimate of drug-likeness (QED) is 0.497. The van der Waals surface area contributed by atoms with E-state index in [0.29, 0.717) is 6.42 Å². The Morgan fingerprint density at radius 3 is 2.22 bits per heavy atom. The lowest BCUT2D eigenvalue weighted by molar-refractivity contribution is -0.142. The van der Waals surface area contributed by atoms with Gasteiger partial charge in [0, 0.05) is 5.92 Å². The van der Waals surface area contributed by atoms with Crippen molar-refractivity contribution in [2.24, 2.45) is 5.92 Å². The molecule has 2 nitrogen and oxygen atoms in total. The molecule has 0 spiro atoms. The highest BCUT2D eigenvalue weighted by molar-refractivity contribution is 5.92. The van der Waals surface area contributed by atoms with Crippen molar-refractivity contribution in [3.63, 3.8) is 0 Å². The molecule has 2 unspecified atom stereocenters. The zero-order valence-corrected chi connectivity index (χ0v) is 14.9. The van der Waals surface area contributed by atoms with Crippen molar-refractivity contribution >= 4 is 27.5 Å². The number of fused-ring (bicyclic) bond motifs is 4. The molecule has 0 saturated carbocycles. The van der Waals surface area contributed by atoms with Crippen LogP contribution in [0, 0.1) is 5.92 Å². The van der Waals surface area contributed by atoms with E-state index in [4.69, 9.17) is 0 Å². The number of rotatable bonds is 2. The molecule has 4 aromatic carbocycles. The van der Waals surface area contributed by atoms with E-state index in [9.17, 15) is 9.90 Å². The molecule has 5 rings (SSSR count). The van der Waals surface area contributed by atoms with Gasteiger partial charge in [0.05, 0.1) is 5.92 Å². The van der Waals surface area contributed by atoms with Gasteiger partial charge in [0.15, 0.2) is 0 Å². The maximum absolute atomic E-state index is 12.2. The zero-order chi connectivity index (χ0) is 18.4. The van der Waals surface area contributed by atoms with Crippen LogP contribution in [-0.2, 0) is 11.2 Å². The molecule has 132 valence electrons. The van der Waals surface area contributed by atoms with E-state index in [1.54, 1.807) is 0 Å². The van der Waals surface area contributed by atoms with E-state index >= 15 is 0 Å². The van der Waals surface area contributed by atoms with Crippen LogP contribution in [0.2, 0.25) is 0 Å². The number of aliphatic carboxylic acids is 1. The summed E-state index contributed by atoms with van der Waals surface area (Å²) in [4.78, 5) is 12.2. The zero-order valence-electron chi connectivity index (χ0n) is 14.9. The first-order chi connectivity index (χ1) is 13.2. The minimum absolute atomic E-state index is 0.136. The van der Waals surface area contributed by atoms with E-state index in [-0.39, 0.29) is 5.92 Å². The first-order valence-electron chi connectivity index (χ1n) is 9.45. The number of benzene rings is 4. The molecule has 1 aliphatic rings. The van der Waals surface area contributed by atoms with Crippen molar-refractivity contribution in [2.45, 2.75) is 18.8 Å². The lowest BCUT2D eigenvalue weighted by Gasteiger charge is -2.33. The van der Waals surface area contributed by atoms with Crippen molar-refractivity contribution in [1.29, 1.82) is 0 Å². The molecule has 4 aromatic rings. The molecule has 0 aliphatic heterocycles. The third kappa shape index (κ3) is 2.52. The van der Waals surface area contributed by atoms with E-state index in [1.807, 2.05) is 24.3 Å². The van der Waals surface area contributed by atoms with Crippen molar-refractivity contribution in [3.8, 4) is 0 Å². The van der Waals surface area contributed by atoms with Crippen LogP contribution in [0.4, 0.5) is 0 Å². The van der Waals surface area contributed by atoms with Crippen LogP contribution < -0.4 is 0 Å². The summed E-state index contributed by atoms with van der Waals surface area (Å²) in [5.41, 5.74) is 3.60. The SMILES string of the molecule is O=C(O)C1CCc2ccc3ccccc3c2C1c1cccc2ccccc12. The Labute approximate surface area is 158 Å². The normalized spacial score (nSPS) is 19.1. The third-order valence-corrected chi connectivity index (χ3v) is 5.97. The number of carbonyl (C=O) groups is 1. The Kier molecular flexibility index (Phi) is 3.71. The number of hydrogen-bond donors (Lipinski definition) is 1. The van der Waals surface area contributed by atoms with E-state index in [0.717, 1.165) is 22.8 Å². The van der Waals surface area contributed by atoms with Gasteiger partial charge < -0.3 is 5.11 Å². The van der Waals surface area contributed by atoms with Crippen molar-refractivity contribution in [1.82, 2.24) is 0 Å². The van der Waals surface area contributed by atoms with Gasteiger partial charge in [-0.2, -0.15) is 0 Å². The lowest BCUT2D eigenvalue weighted by Crippen LogP contribution is -2.28. The van der Waals surface area contributed by atoms with Gasteiger partial charge in [-0.1, -0.05) is 78.9 Å². The summed E-state index contributed by atoms with van der Waals surface area (Å²) >= 11 is 0. The molecule has 0 bridgehead atoms. The molecule has 0 aromatic heterocycles. The predicted octanol–water partition coefficient (Wildman–Crippen LogP) is 5.77. The first-order valence-corrected chi connectivity index (χ1v) is 9.45. The second kappa shape index (κ2) is 6.24. The van der Waals surface area contributed by atoms with Gasteiger partial charge in [0.25, 0.3) is 0 Å². The highest BCUT2D eigenvalue weighted by atomic mass is 16.4. The fraction of sp³-hybridized carbons (Fsp3) is 0.160. The monoisotopic (exact) mass is 352 g/mol. The van der Waals surface area contributed by atoms with Gasteiger partial charge in [-0.25, -0.2) is 0 Å². The van der Waals surface area contributed by atoms with Crippen LogP contribution in [0.3, 0.4) is 0 Å². The number of hydrogen-bond acceptors (Lipinski definition) is 1. The molecular weight excluding hydrogens is 332 g/mol. The van der Waals surface area contributed by atoms with Crippen LogP contribution in [-0.4, -0.2) is 11.1 Å². The van der Waals surface area contributed by atoms with Crippen LogP contribution in [0.25, 0.3) is 21.5 Å². The smallest absolute Gasteiger partial charge is 0.307 e. The molecule has 0 radical (unpaired) electrons. The number of carboxylic acid groups (broad SMARTS) is 1. The van der Waals surface area contributed by atoms with E-state index in [1.165, 1.54) is 21.9 Å². The fourth-order valence-corrected chi connectivity index (χ4v) is 4.76. The molecule has 0 fully saturated rings. The second-order valence-electron chi connectivity index (χ2n) is 7.39. The Hall–Kier alpha value is -3.13. The standard InChI is InChI=1S/C25H20O2/c26-25(27)22-15-14-18-13-12-17-7-2-4-10-20(17)23(18)24(22)21-11-5-8-16-6-1-3-9-19(16)21/h1-13,22,24H,14-15H2,(H,26,27). The topological polar surface area (TPSA) is 37.3 Å². The molecule has 2 heteroatoms. The summed E-state index contributed by atoms with van der Waals surface area (Å²) < 4.78 is 0. The average Bonchev–Trinajstić information content (AvgIpc) is 2.72. The summed E-state index contributed by atoms with van der Waals surface area (Å²) in [5.74, 6) is -1.25. The molecule has 0 heterocycles. The third-order valence-electron chi connectivity index (χ3n) is 5.97. The van der Waals surface area contributed by atoms with Gasteiger partial charge in [0.2, 0.25) is 0 Å². The first kappa shape index (κ1) is 16.1. The number of carboxylic acids is 1. The summed E-state index contributed by atoms with van der Waals surface area (Å²) in [5, 5.41) is 14.7. The predicted molar refractivity (Wildman–Crippen MR) is 109 cm³/mol. The summed E-state index contributed by atoms with van der Waals surface area (Å²) in [6.45, 7) is 0. The van der Waals surface area contributed by atoms with Crippen LogP contribution in [0.5, 0.6) is 0 Å². The maximum atomic E-state index is 12.2. The van der Waals surface area contributed by atoms with Crippen molar-refractivity contribution in [2.75, 3.05) is 0 Å². The highest BCUT2D eigenvalue weighted by Crippen LogP contribution is 2.46. The average molecular weight is 352 g/mol. The van der Waals surface area contributed by atoms with Crippen LogP contribution in [0.1, 0.15) is 29.0 Å². The van der Waals surface area contributed by atoms with E-state index < -0.39 is 11.9 Å². The molecule has 1 aliphatic carbocycles. The van der Waals surface area contributed by atoms with Gasteiger partial charge in [-0.15, -0.1) is 0 Å². The van der Waals surface area contributed by atoms with Gasteiger partial charge in [-0.05, 0) is 51.1 Å². The van der Waals surface area contributed by atoms with Crippen molar-refractivity contribution < 1.29 is 9.90 Å². The minimum atomic E-state index is -0.702. The Balaban J connectivity index is 1.86. The van der Waals surface area contributed by atoms with Gasteiger partial charge in [0.1, 0.15) is 0 Å². The summed E-state index contributed by atoms with van der Waals surface area (Å²) in [6.07, 6.45) is 1.49. The Morgan fingerprint density at radius 1 is 0.778 bits per heavy atom. The number of aryl methyl sites for hydroxylation is 1. The van der Waals surface area contributed by atoms with Gasteiger partial charge >= 0.3 is 5.97 Å². The molecule has 2 atom stereocenters. The highest BCUT2D eigenvalue weighted by Gasteiger charge is 2.37. The Morgan fingerprint density at radius 2 is 1.44 bits per heavy atom. The summed E-state index contributed by atoms with van der Waals surface area (Å²) in [7, 11) is 0. The molecular formula is C25H20O2. The maximum Gasteiger partial charge on any atom is 0.307 e. The molecule has 0 amide bonds. The molecule has 0 saturated heterocycles. The largest absolute Gasteiger partial charge is 0.481 e. The molecule has 1 N–H and O–H groups in total. The fourth-order valence-electron chi connectivity index (χ4n) is 4.76. The Bertz CT molecular complexity index is 1170. The second-order valence-corrected chi connectivity index (χ2v) is 7.39. The molecule has 27 heavy (non-hydrogen) atoms.